The average Bonchev–Trinajstić information content (AvgIpc) is 2.92. The molecule has 0 unspecified atom stereocenters. The van der Waals surface area contributed by atoms with E-state index < -0.39 is 10.0 Å². The Labute approximate surface area is 135 Å². The lowest BCUT2D eigenvalue weighted by atomic mass is 10.1. The summed E-state index contributed by atoms with van der Waals surface area (Å²) in [6.45, 7) is 1.24. The summed E-state index contributed by atoms with van der Waals surface area (Å²) in [7, 11) is -1.57. The van der Waals surface area contributed by atoms with Gasteiger partial charge in [0.2, 0.25) is 10.0 Å². The maximum Gasteiger partial charge on any atom is 0.241 e. The molecule has 1 aromatic rings. The quantitative estimate of drug-likeness (QED) is 0.770. The average molecular weight is 375 g/mol. The molecule has 0 bridgehead atoms. The standard InChI is InChI=1S/C15H23BrN2O2S/c1-17-11-13-6-7-15(14(16)10-13)21(19,20)18-9-8-12-4-2-3-5-12/h6-7,10,12,17-18H,2-5,8-9,11H2,1H3. The summed E-state index contributed by atoms with van der Waals surface area (Å²) in [6.07, 6.45) is 5.99. The van der Waals surface area contributed by atoms with E-state index in [0.717, 1.165) is 12.0 Å². The van der Waals surface area contributed by atoms with Crippen molar-refractivity contribution in [1.29, 1.82) is 0 Å². The second kappa shape index (κ2) is 7.72. The van der Waals surface area contributed by atoms with Crippen molar-refractivity contribution in [1.82, 2.24) is 10.0 Å². The molecule has 1 aliphatic carbocycles. The van der Waals surface area contributed by atoms with E-state index >= 15 is 0 Å². The molecule has 0 atom stereocenters. The van der Waals surface area contributed by atoms with E-state index in [1.165, 1.54) is 25.7 Å². The van der Waals surface area contributed by atoms with Crippen molar-refractivity contribution in [3.05, 3.63) is 28.2 Å². The monoisotopic (exact) mass is 374 g/mol. The van der Waals surface area contributed by atoms with Gasteiger partial charge in [-0.05, 0) is 53.0 Å². The van der Waals surface area contributed by atoms with Gasteiger partial charge in [0.05, 0.1) is 4.90 Å². The van der Waals surface area contributed by atoms with Crippen LogP contribution in [0.3, 0.4) is 0 Å². The van der Waals surface area contributed by atoms with Gasteiger partial charge in [0.25, 0.3) is 0 Å². The van der Waals surface area contributed by atoms with Crippen LogP contribution in [0.2, 0.25) is 0 Å². The Balaban J connectivity index is 1.97. The first-order valence-corrected chi connectivity index (χ1v) is 9.73. The van der Waals surface area contributed by atoms with E-state index in [4.69, 9.17) is 0 Å². The first kappa shape index (κ1) is 16.9. The minimum absolute atomic E-state index is 0.314. The molecule has 1 saturated carbocycles. The van der Waals surface area contributed by atoms with E-state index in [-0.39, 0.29) is 0 Å². The third kappa shape index (κ3) is 4.77. The first-order valence-electron chi connectivity index (χ1n) is 7.45. The fourth-order valence-corrected chi connectivity index (χ4v) is 5.02. The van der Waals surface area contributed by atoms with Crippen LogP contribution < -0.4 is 10.0 Å². The Morgan fingerprint density at radius 3 is 2.62 bits per heavy atom. The van der Waals surface area contributed by atoms with Crippen molar-refractivity contribution in [3.8, 4) is 0 Å². The molecule has 1 aromatic carbocycles. The smallest absolute Gasteiger partial charge is 0.241 e. The zero-order chi connectivity index (χ0) is 15.3. The van der Waals surface area contributed by atoms with Crippen LogP contribution >= 0.6 is 15.9 Å². The van der Waals surface area contributed by atoms with Crippen molar-refractivity contribution < 1.29 is 8.42 Å². The zero-order valence-corrected chi connectivity index (χ0v) is 14.8. The molecular weight excluding hydrogens is 352 g/mol. The minimum atomic E-state index is -3.43. The van der Waals surface area contributed by atoms with E-state index in [1.807, 2.05) is 19.2 Å². The fraction of sp³-hybridized carbons (Fsp3) is 0.600. The Morgan fingerprint density at radius 2 is 2.00 bits per heavy atom. The SMILES string of the molecule is CNCc1ccc(S(=O)(=O)NCCC2CCCC2)c(Br)c1. The van der Waals surface area contributed by atoms with Gasteiger partial charge in [-0.25, -0.2) is 13.1 Å². The van der Waals surface area contributed by atoms with Gasteiger partial charge in [0.15, 0.2) is 0 Å². The molecule has 0 heterocycles. The highest BCUT2D eigenvalue weighted by Gasteiger charge is 2.19. The van der Waals surface area contributed by atoms with Crippen molar-refractivity contribution in [2.24, 2.45) is 5.92 Å². The second-order valence-electron chi connectivity index (χ2n) is 5.63. The van der Waals surface area contributed by atoms with E-state index in [2.05, 4.69) is 26.0 Å². The van der Waals surface area contributed by atoms with E-state index in [0.29, 0.717) is 28.4 Å². The zero-order valence-electron chi connectivity index (χ0n) is 12.4. The molecule has 0 radical (unpaired) electrons. The largest absolute Gasteiger partial charge is 0.316 e. The molecule has 0 saturated heterocycles. The Kier molecular flexibility index (Phi) is 6.22. The summed E-state index contributed by atoms with van der Waals surface area (Å²) >= 11 is 3.36. The normalized spacial score (nSPS) is 16.5. The molecule has 1 fully saturated rings. The molecular formula is C15H23BrN2O2S. The summed E-state index contributed by atoms with van der Waals surface area (Å²) in [5, 5.41) is 3.05. The van der Waals surface area contributed by atoms with Crippen LogP contribution in [0.1, 0.15) is 37.7 Å². The van der Waals surface area contributed by atoms with Crippen LogP contribution in [0.25, 0.3) is 0 Å². The van der Waals surface area contributed by atoms with E-state index in [1.54, 1.807) is 6.07 Å². The number of benzene rings is 1. The Hall–Kier alpha value is -0.430. The van der Waals surface area contributed by atoms with Gasteiger partial charge in [-0.2, -0.15) is 0 Å². The lowest BCUT2D eigenvalue weighted by Gasteiger charge is -2.12. The van der Waals surface area contributed by atoms with Crippen LogP contribution in [0.4, 0.5) is 0 Å². The number of rotatable bonds is 7. The van der Waals surface area contributed by atoms with Crippen molar-refractivity contribution in [2.45, 2.75) is 43.5 Å². The van der Waals surface area contributed by atoms with Crippen LogP contribution in [0, 0.1) is 5.92 Å². The predicted molar refractivity (Wildman–Crippen MR) is 88.7 cm³/mol. The summed E-state index contributed by atoms with van der Waals surface area (Å²) in [4.78, 5) is 0.314. The van der Waals surface area contributed by atoms with Gasteiger partial charge in [-0.1, -0.05) is 31.7 Å². The highest BCUT2D eigenvalue weighted by Crippen LogP contribution is 2.27. The predicted octanol–water partition coefficient (Wildman–Crippen LogP) is 3.03. The molecule has 0 spiro atoms. The van der Waals surface area contributed by atoms with Crippen molar-refractivity contribution >= 4 is 26.0 Å². The fourth-order valence-electron chi connectivity index (χ4n) is 2.85. The highest BCUT2D eigenvalue weighted by molar-refractivity contribution is 9.10. The van der Waals surface area contributed by atoms with Crippen LogP contribution in [-0.4, -0.2) is 22.0 Å². The van der Waals surface area contributed by atoms with Gasteiger partial charge in [0, 0.05) is 17.6 Å². The van der Waals surface area contributed by atoms with Gasteiger partial charge < -0.3 is 5.32 Å². The summed E-state index contributed by atoms with van der Waals surface area (Å²) in [5.41, 5.74) is 1.05. The third-order valence-electron chi connectivity index (χ3n) is 3.99. The molecule has 4 nitrogen and oxygen atoms in total. The molecule has 0 aromatic heterocycles. The highest BCUT2D eigenvalue weighted by atomic mass is 79.9. The molecule has 2 rings (SSSR count). The molecule has 6 heteroatoms. The van der Waals surface area contributed by atoms with Crippen molar-refractivity contribution in [3.63, 3.8) is 0 Å². The second-order valence-corrected chi connectivity index (χ2v) is 8.22. The summed E-state index contributed by atoms with van der Waals surface area (Å²) in [5.74, 6) is 0.689. The number of sulfonamides is 1. The number of nitrogens with one attached hydrogen (secondary N) is 2. The third-order valence-corrected chi connectivity index (χ3v) is 6.42. The molecule has 118 valence electrons. The lowest BCUT2D eigenvalue weighted by Crippen LogP contribution is -2.26. The first-order chi connectivity index (χ1) is 10.0. The lowest BCUT2D eigenvalue weighted by molar-refractivity contribution is 0.495. The van der Waals surface area contributed by atoms with Crippen molar-refractivity contribution in [2.75, 3.05) is 13.6 Å². The Morgan fingerprint density at radius 1 is 1.29 bits per heavy atom. The number of hydrogen-bond acceptors (Lipinski definition) is 3. The van der Waals surface area contributed by atoms with Gasteiger partial charge in [0.1, 0.15) is 0 Å². The summed E-state index contributed by atoms with van der Waals surface area (Å²) < 4.78 is 28.0. The maximum atomic E-state index is 12.3. The molecule has 0 aliphatic heterocycles. The number of halogens is 1. The molecule has 0 amide bonds. The summed E-state index contributed by atoms with van der Waals surface area (Å²) in [6, 6.07) is 5.35. The van der Waals surface area contributed by atoms with Gasteiger partial charge >= 0.3 is 0 Å². The number of hydrogen-bond donors (Lipinski definition) is 2. The topological polar surface area (TPSA) is 58.2 Å². The van der Waals surface area contributed by atoms with Crippen LogP contribution in [-0.2, 0) is 16.6 Å². The maximum absolute atomic E-state index is 12.3. The van der Waals surface area contributed by atoms with Gasteiger partial charge in [-0.3, -0.25) is 0 Å². The van der Waals surface area contributed by atoms with E-state index in [9.17, 15) is 8.42 Å². The molecule has 2 N–H and O–H groups in total. The van der Waals surface area contributed by atoms with Crippen LogP contribution in [0.5, 0.6) is 0 Å². The Bertz CT molecular complexity index is 569. The molecule has 21 heavy (non-hydrogen) atoms. The minimum Gasteiger partial charge on any atom is -0.316 e. The van der Waals surface area contributed by atoms with Gasteiger partial charge in [-0.15, -0.1) is 0 Å². The van der Waals surface area contributed by atoms with Crippen LogP contribution in [0.15, 0.2) is 27.6 Å². The molecule has 1 aliphatic rings.